The Morgan fingerprint density at radius 2 is 1.02 bits per heavy atom. The van der Waals surface area contributed by atoms with Gasteiger partial charge in [0.05, 0.1) is 40.3 Å². The van der Waals surface area contributed by atoms with E-state index >= 15 is 0 Å². The van der Waals surface area contributed by atoms with Gasteiger partial charge in [0.1, 0.15) is 0 Å². The highest BCUT2D eigenvalue weighted by molar-refractivity contribution is 7.99. The normalized spacial score (nSPS) is 12.1. The minimum Gasteiger partial charge on any atom is -0.308 e. The number of benzene rings is 7. The van der Waals surface area contributed by atoms with Gasteiger partial charge in [-0.1, -0.05) is 90.6 Å². The lowest BCUT2D eigenvalue weighted by Gasteiger charge is -2.34. The predicted molar refractivity (Wildman–Crippen MR) is 173 cm³/mol. The van der Waals surface area contributed by atoms with E-state index in [1.165, 1.54) is 9.79 Å². The van der Waals surface area contributed by atoms with Crippen LogP contribution in [-0.2, 0) is 0 Å². The van der Waals surface area contributed by atoms with Crippen LogP contribution in [0.15, 0.2) is 137 Å². The summed E-state index contributed by atoms with van der Waals surface area (Å²) in [4.78, 5) is 4.80. The highest BCUT2D eigenvalue weighted by Crippen LogP contribution is 2.53. The summed E-state index contributed by atoms with van der Waals surface area (Å²) in [5, 5.41) is 26.8. The number of anilines is 3. The standard InChI is InChI=1S/C38H21N3S/c39-22-24-10-9-11-25(23-40)37(24)31-20-26-21-34(28-13-2-4-15-30(28)38(26)29-14-3-1-12-27(29)31)41-32-16-5-7-18-35(32)42-36-19-8-6-17-33(36)41/h1-21H. The predicted octanol–water partition coefficient (Wildman–Crippen LogP) is 10.5. The van der Waals surface area contributed by atoms with Gasteiger partial charge in [-0.15, -0.1) is 0 Å². The first-order valence-corrected chi connectivity index (χ1v) is 14.6. The van der Waals surface area contributed by atoms with Crippen molar-refractivity contribution in [3.8, 4) is 23.3 Å². The maximum Gasteiger partial charge on any atom is 0.0998 e. The third-order valence-corrected chi connectivity index (χ3v) is 9.22. The van der Waals surface area contributed by atoms with Gasteiger partial charge in [0.15, 0.2) is 0 Å². The molecule has 0 radical (unpaired) electrons. The minimum absolute atomic E-state index is 0.496. The van der Waals surface area contributed by atoms with Gasteiger partial charge in [-0.2, -0.15) is 10.5 Å². The molecule has 1 heterocycles. The average Bonchev–Trinajstić information content (AvgIpc) is 3.06. The summed E-state index contributed by atoms with van der Waals surface area (Å²) in [7, 11) is 0. The first kappa shape index (κ1) is 24.3. The molecule has 0 spiro atoms. The topological polar surface area (TPSA) is 50.8 Å². The summed E-state index contributed by atoms with van der Waals surface area (Å²) < 4.78 is 0. The van der Waals surface area contributed by atoms with Gasteiger partial charge in [-0.25, -0.2) is 0 Å². The molecular formula is C38H21N3S. The van der Waals surface area contributed by atoms with Crippen LogP contribution < -0.4 is 4.90 Å². The van der Waals surface area contributed by atoms with Crippen LogP contribution in [0.4, 0.5) is 17.1 Å². The van der Waals surface area contributed by atoms with Crippen LogP contribution in [0.1, 0.15) is 11.1 Å². The van der Waals surface area contributed by atoms with E-state index in [-0.39, 0.29) is 0 Å². The summed E-state index contributed by atoms with van der Waals surface area (Å²) in [6, 6.07) is 48.5. The van der Waals surface area contributed by atoms with Crippen molar-refractivity contribution in [1.29, 1.82) is 10.5 Å². The zero-order valence-corrected chi connectivity index (χ0v) is 23.2. The first-order chi connectivity index (χ1) is 20.8. The van der Waals surface area contributed by atoms with E-state index in [2.05, 4.69) is 120 Å². The summed E-state index contributed by atoms with van der Waals surface area (Å²) in [5.74, 6) is 0. The average molecular weight is 552 g/mol. The molecule has 0 aliphatic carbocycles. The molecule has 0 aromatic heterocycles. The number of hydrogen-bond donors (Lipinski definition) is 0. The van der Waals surface area contributed by atoms with Crippen molar-refractivity contribution in [2.24, 2.45) is 0 Å². The quantitative estimate of drug-likeness (QED) is 0.201. The maximum absolute atomic E-state index is 10.1. The van der Waals surface area contributed by atoms with E-state index in [4.69, 9.17) is 0 Å². The number of para-hydroxylation sites is 2. The number of nitrogens with zero attached hydrogens (tertiary/aromatic N) is 3. The maximum atomic E-state index is 10.1. The third kappa shape index (κ3) is 3.53. The van der Waals surface area contributed by atoms with Gasteiger partial charge >= 0.3 is 0 Å². The third-order valence-electron chi connectivity index (χ3n) is 8.09. The van der Waals surface area contributed by atoms with Crippen molar-refractivity contribution in [1.82, 2.24) is 0 Å². The Labute approximate surface area is 247 Å². The van der Waals surface area contributed by atoms with E-state index in [0.717, 1.165) is 54.9 Å². The van der Waals surface area contributed by atoms with E-state index in [1.54, 1.807) is 30.0 Å². The minimum atomic E-state index is 0.496. The molecule has 0 unspecified atom stereocenters. The number of hydrogen-bond acceptors (Lipinski definition) is 4. The molecule has 8 rings (SSSR count). The van der Waals surface area contributed by atoms with Crippen molar-refractivity contribution in [2.45, 2.75) is 9.79 Å². The van der Waals surface area contributed by atoms with Gasteiger partial charge in [0.25, 0.3) is 0 Å². The van der Waals surface area contributed by atoms with Crippen LogP contribution in [0.25, 0.3) is 43.4 Å². The van der Waals surface area contributed by atoms with Gasteiger partial charge in [-0.05, 0) is 81.0 Å². The molecule has 7 aromatic carbocycles. The number of nitriles is 2. The number of rotatable bonds is 2. The molecule has 0 atom stereocenters. The van der Waals surface area contributed by atoms with Gasteiger partial charge in [0.2, 0.25) is 0 Å². The van der Waals surface area contributed by atoms with Crippen LogP contribution in [-0.4, -0.2) is 0 Å². The molecular weight excluding hydrogens is 531 g/mol. The largest absolute Gasteiger partial charge is 0.308 e. The summed E-state index contributed by atoms with van der Waals surface area (Å²) in [6.45, 7) is 0. The lowest BCUT2D eigenvalue weighted by Crippen LogP contribution is -2.15. The van der Waals surface area contributed by atoms with E-state index in [0.29, 0.717) is 16.7 Å². The monoisotopic (exact) mass is 551 g/mol. The van der Waals surface area contributed by atoms with Crippen molar-refractivity contribution in [3.05, 3.63) is 139 Å². The zero-order valence-electron chi connectivity index (χ0n) is 22.4. The smallest absolute Gasteiger partial charge is 0.0998 e. The van der Waals surface area contributed by atoms with Gasteiger partial charge < -0.3 is 4.90 Å². The molecule has 4 heteroatoms. The molecule has 0 amide bonds. The van der Waals surface area contributed by atoms with Crippen molar-refractivity contribution < 1.29 is 0 Å². The summed E-state index contributed by atoms with van der Waals surface area (Å²) in [5.41, 5.74) is 5.95. The Balaban J connectivity index is 1.53. The van der Waals surface area contributed by atoms with E-state index in [1.807, 2.05) is 6.07 Å². The molecule has 0 N–H and O–H groups in total. The fourth-order valence-corrected chi connectivity index (χ4v) is 7.40. The van der Waals surface area contributed by atoms with Crippen LogP contribution in [0, 0.1) is 22.7 Å². The second-order valence-corrected chi connectivity index (χ2v) is 11.4. The Morgan fingerprint density at radius 3 is 1.64 bits per heavy atom. The molecule has 7 aromatic rings. The highest BCUT2D eigenvalue weighted by atomic mass is 32.2. The van der Waals surface area contributed by atoms with Crippen LogP contribution in [0.2, 0.25) is 0 Å². The molecule has 0 saturated carbocycles. The molecule has 0 bridgehead atoms. The Hall–Kier alpha value is -5.55. The molecule has 0 fully saturated rings. The molecule has 1 aliphatic heterocycles. The van der Waals surface area contributed by atoms with Crippen LogP contribution in [0.5, 0.6) is 0 Å². The molecule has 194 valence electrons. The lowest BCUT2D eigenvalue weighted by molar-refractivity contribution is 1.17. The number of fused-ring (bicyclic) bond motifs is 7. The molecule has 1 aliphatic rings. The Bertz CT molecular complexity index is 2250. The van der Waals surface area contributed by atoms with Gasteiger partial charge in [-0.3, -0.25) is 0 Å². The van der Waals surface area contributed by atoms with Crippen LogP contribution >= 0.6 is 11.8 Å². The SMILES string of the molecule is N#Cc1cccc(C#N)c1-c1cc2cc(N3c4ccccc4Sc4ccccc43)c3ccccc3c2c2ccccc12. The van der Waals surface area contributed by atoms with Crippen molar-refractivity contribution in [3.63, 3.8) is 0 Å². The molecule has 0 saturated heterocycles. The molecule has 42 heavy (non-hydrogen) atoms. The highest BCUT2D eigenvalue weighted by Gasteiger charge is 2.27. The first-order valence-electron chi connectivity index (χ1n) is 13.7. The second-order valence-electron chi connectivity index (χ2n) is 10.3. The van der Waals surface area contributed by atoms with E-state index in [9.17, 15) is 10.5 Å². The molecule has 3 nitrogen and oxygen atoms in total. The second kappa shape index (κ2) is 9.53. The van der Waals surface area contributed by atoms with Crippen LogP contribution in [0.3, 0.4) is 0 Å². The fraction of sp³-hybridized carbons (Fsp3) is 0. The van der Waals surface area contributed by atoms with Gasteiger partial charge in [0, 0.05) is 20.7 Å². The Kier molecular flexibility index (Phi) is 5.50. The fourth-order valence-electron chi connectivity index (χ4n) is 6.35. The Morgan fingerprint density at radius 1 is 0.500 bits per heavy atom. The van der Waals surface area contributed by atoms with Crippen molar-refractivity contribution in [2.75, 3.05) is 4.90 Å². The zero-order chi connectivity index (χ0) is 28.2. The van der Waals surface area contributed by atoms with E-state index < -0.39 is 0 Å². The summed E-state index contributed by atoms with van der Waals surface area (Å²) in [6.07, 6.45) is 0. The van der Waals surface area contributed by atoms with Crippen molar-refractivity contribution >= 4 is 61.1 Å². The lowest BCUT2D eigenvalue weighted by atomic mass is 9.87. The summed E-state index contributed by atoms with van der Waals surface area (Å²) >= 11 is 1.80.